The molecule has 0 bridgehead atoms. The second-order valence-electron chi connectivity index (χ2n) is 4.80. The van der Waals surface area contributed by atoms with E-state index in [-0.39, 0.29) is 5.41 Å². The van der Waals surface area contributed by atoms with Crippen LogP contribution in [-0.4, -0.2) is 0 Å². The van der Waals surface area contributed by atoms with Gasteiger partial charge in [0.05, 0.1) is 0 Å². The maximum Gasteiger partial charge on any atom is 0.0249 e. The van der Waals surface area contributed by atoms with E-state index in [9.17, 15) is 0 Å². The minimum atomic E-state index is 0.290. The highest BCUT2D eigenvalue weighted by Crippen LogP contribution is 2.27. The molecule has 1 aromatic carbocycles. The second kappa shape index (κ2) is 6.87. The largest absolute Gasteiger partial charge is 0.0773 e. The standard InChI is InChI=1S/C16H16.C2H6/c1-16(2)12-10-15(11-13-16)9-8-14-6-4-3-5-7-14;1-2/h3-7,10-12H,13H2,1-2H3;1-2H3. The Morgan fingerprint density at radius 2 is 1.67 bits per heavy atom. The number of hydrogen-bond acceptors (Lipinski definition) is 0. The van der Waals surface area contributed by atoms with Gasteiger partial charge in [-0.2, -0.15) is 0 Å². The lowest BCUT2D eigenvalue weighted by Gasteiger charge is -2.20. The van der Waals surface area contributed by atoms with E-state index in [0.717, 1.165) is 17.6 Å². The van der Waals surface area contributed by atoms with Gasteiger partial charge in [-0.05, 0) is 24.0 Å². The van der Waals surface area contributed by atoms with Crippen LogP contribution in [0.3, 0.4) is 0 Å². The molecule has 0 aromatic heterocycles. The Morgan fingerprint density at radius 3 is 2.22 bits per heavy atom. The lowest BCUT2D eigenvalue weighted by molar-refractivity contribution is 0.483. The molecule has 0 spiro atoms. The second-order valence-corrected chi connectivity index (χ2v) is 4.80. The Hall–Kier alpha value is -1.74. The Kier molecular flexibility index (Phi) is 5.46. The number of rotatable bonds is 0. The summed E-state index contributed by atoms with van der Waals surface area (Å²) in [6, 6.07) is 10.1. The molecular weight excluding hydrogens is 216 g/mol. The minimum absolute atomic E-state index is 0.290. The summed E-state index contributed by atoms with van der Waals surface area (Å²) in [6.45, 7) is 8.48. The van der Waals surface area contributed by atoms with E-state index in [1.807, 2.05) is 44.2 Å². The first kappa shape index (κ1) is 14.3. The highest BCUT2D eigenvalue weighted by atomic mass is 14.2. The highest BCUT2D eigenvalue weighted by Gasteiger charge is 2.14. The third-order valence-electron chi connectivity index (χ3n) is 2.69. The van der Waals surface area contributed by atoms with Gasteiger partial charge in [0.25, 0.3) is 0 Å². The Bertz CT molecular complexity index is 476. The summed E-state index contributed by atoms with van der Waals surface area (Å²) in [5.41, 5.74) is 2.49. The van der Waals surface area contributed by atoms with Crippen molar-refractivity contribution in [2.45, 2.75) is 34.1 Å². The van der Waals surface area contributed by atoms with Gasteiger partial charge in [-0.1, -0.05) is 76.0 Å². The first-order valence-corrected chi connectivity index (χ1v) is 6.62. The molecule has 0 saturated heterocycles. The van der Waals surface area contributed by atoms with Crippen molar-refractivity contribution in [3.05, 3.63) is 59.7 Å². The molecule has 0 N–H and O–H groups in total. The molecule has 18 heavy (non-hydrogen) atoms. The molecule has 0 radical (unpaired) electrons. The van der Waals surface area contributed by atoms with Crippen LogP contribution in [0.5, 0.6) is 0 Å². The van der Waals surface area contributed by atoms with Gasteiger partial charge < -0.3 is 0 Å². The summed E-state index contributed by atoms with van der Waals surface area (Å²) in [4.78, 5) is 0. The monoisotopic (exact) mass is 238 g/mol. The molecule has 1 aliphatic rings. The zero-order valence-electron chi connectivity index (χ0n) is 11.8. The van der Waals surface area contributed by atoms with Crippen molar-refractivity contribution in [3.8, 4) is 11.8 Å². The number of hydrogen-bond donors (Lipinski definition) is 0. The fourth-order valence-corrected chi connectivity index (χ4v) is 1.58. The van der Waals surface area contributed by atoms with Gasteiger partial charge in [0, 0.05) is 11.1 Å². The Balaban J connectivity index is 0.000000771. The Labute approximate surface area is 111 Å². The van der Waals surface area contributed by atoms with Crippen molar-refractivity contribution in [1.29, 1.82) is 0 Å². The van der Waals surface area contributed by atoms with Gasteiger partial charge in [-0.15, -0.1) is 0 Å². The van der Waals surface area contributed by atoms with Crippen LogP contribution in [-0.2, 0) is 0 Å². The highest BCUT2D eigenvalue weighted by molar-refractivity contribution is 5.46. The molecule has 0 fully saturated rings. The van der Waals surface area contributed by atoms with E-state index in [2.05, 4.69) is 43.9 Å². The molecule has 0 atom stereocenters. The van der Waals surface area contributed by atoms with Crippen LogP contribution in [0, 0.1) is 17.3 Å². The third-order valence-corrected chi connectivity index (χ3v) is 2.69. The first-order valence-electron chi connectivity index (χ1n) is 6.62. The predicted octanol–water partition coefficient (Wildman–Crippen LogP) is 4.98. The average molecular weight is 238 g/mol. The van der Waals surface area contributed by atoms with Crippen LogP contribution >= 0.6 is 0 Å². The van der Waals surface area contributed by atoms with Crippen LogP contribution in [0.4, 0.5) is 0 Å². The SMILES string of the molecule is CC.CC1(C)C=CC(C#Cc2ccccc2)=CC1. The Morgan fingerprint density at radius 1 is 1.00 bits per heavy atom. The van der Waals surface area contributed by atoms with Crippen molar-refractivity contribution in [2.24, 2.45) is 5.41 Å². The molecule has 0 heterocycles. The van der Waals surface area contributed by atoms with Gasteiger partial charge in [-0.25, -0.2) is 0 Å². The van der Waals surface area contributed by atoms with Crippen LogP contribution in [0.15, 0.2) is 54.1 Å². The van der Waals surface area contributed by atoms with Crippen LogP contribution in [0.1, 0.15) is 39.7 Å². The molecule has 1 aliphatic carbocycles. The maximum atomic E-state index is 3.20. The minimum Gasteiger partial charge on any atom is -0.0773 e. The summed E-state index contributed by atoms with van der Waals surface area (Å²) in [7, 11) is 0. The van der Waals surface area contributed by atoms with Crippen LogP contribution < -0.4 is 0 Å². The molecule has 0 amide bonds. The van der Waals surface area contributed by atoms with E-state index in [0.29, 0.717) is 0 Å². The molecule has 0 saturated carbocycles. The average Bonchev–Trinajstić information content (AvgIpc) is 2.41. The van der Waals surface area contributed by atoms with Crippen LogP contribution in [0.25, 0.3) is 0 Å². The predicted molar refractivity (Wildman–Crippen MR) is 80.3 cm³/mol. The molecular formula is C18H22. The van der Waals surface area contributed by atoms with E-state index in [1.54, 1.807) is 0 Å². The third kappa shape index (κ3) is 4.63. The molecule has 0 nitrogen and oxygen atoms in total. The fourth-order valence-electron chi connectivity index (χ4n) is 1.58. The quantitative estimate of drug-likeness (QED) is 0.559. The summed E-state index contributed by atoms with van der Waals surface area (Å²) >= 11 is 0. The van der Waals surface area contributed by atoms with E-state index >= 15 is 0 Å². The summed E-state index contributed by atoms with van der Waals surface area (Å²) in [5.74, 6) is 6.37. The molecule has 2 rings (SSSR count). The summed E-state index contributed by atoms with van der Waals surface area (Å²) in [5, 5.41) is 0. The van der Waals surface area contributed by atoms with Gasteiger partial charge in [0.2, 0.25) is 0 Å². The molecule has 0 aliphatic heterocycles. The van der Waals surface area contributed by atoms with Gasteiger partial charge in [0.1, 0.15) is 0 Å². The maximum absolute atomic E-state index is 3.20. The van der Waals surface area contributed by atoms with Gasteiger partial charge in [-0.3, -0.25) is 0 Å². The van der Waals surface area contributed by atoms with Crippen molar-refractivity contribution in [2.75, 3.05) is 0 Å². The zero-order valence-corrected chi connectivity index (χ0v) is 11.8. The number of benzene rings is 1. The van der Waals surface area contributed by atoms with Crippen molar-refractivity contribution in [3.63, 3.8) is 0 Å². The molecule has 1 aromatic rings. The van der Waals surface area contributed by atoms with Crippen molar-refractivity contribution < 1.29 is 0 Å². The molecule has 0 unspecified atom stereocenters. The smallest absolute Gasteiger partial charge is 0.0249 e. The van der Waals surface area contributed by atoms with Crippen LogP contribution in [0.2, 0.25) is 0 Å². The van der Waals surface area contributed by atoms with Crippen molar-refractivity contribution in [1.82, 2.24) is 0 Å². The summed E-state index contributed by atoms with van der Waals surface area (Å²) < 4.78 is 0. The zero-order chi connectivity index (χ0) is 13.4. The van der Waals surface area contributed by atoms with E-state index < -0.39 is 0 Å². The van der Waals surface area contributed by atoms with E-state index in [4.69, 9.17) is 0 Å². The first-order chi connectivity index (χ1) is 8.66. The summed E-state index contributed by atoms with van der Waals surface area (Å²) in [6.07, 6.45) is 7.65. The fraction of sp³-hybridized carbons (Fsp3) is 0.333. The van der Waals surface area contributed by atoms with Gasteiger partial charge >= 0.3 is 0 Å². The molecule has 94 valence electrons. The normalized spacial score (nSPS) is 15.7. The molecule has 0 heteroatoms. The van der Waals surface area contributed by atoms with Gasteiger partial charge in [0.15, 0.2) is 0 Å². The lowest BCUT2D eigenvalue weighted by atomic mass is 9.84. The lowest BCUT2D eigenvalue weighted by Crippen LogP contribution is -2.08. The van der Waals surface area contributed by atoms with E-state index in [1.165, 1.54) is 0 Å². The topological polar surface area (TPSA) is 0 Å². The number of allylic oxidation sites excluding steroid dienone is 4. The van der Waals surface area contributed by atoms with Crippen molar-refractivity contribution >= 4 is 0 Å².